The Morgan fingerprint density at radius 2 is 1.83 bits per heavy atom. The third-order valence-corrected chi connectivity index (χ3v) is 15.7. The molecule has 72 heavy (non-hydrogen) atoms. The number of carbonyl (C=O) groups excluding carboxylic acids is 4. The van der Waals surface area contributed by atoms with Crippen LogP contribution >= 0.6 is 11.3 Å². The molecule has 3 amide bonds. The highest BCUT2D eigenvalue weighted by Crippen LogP contribution is 2.46. The van der Waals surface area contributed by atoms with Gasteiger partial charge in [-0.2, -0.15) is 13.2 Å². The number of fused-ring (bicyclic) bond motifs is 6. The fraction of sp³-hybridized carbons (Fsp3) is 0.585. The number of methoxy groups -OCH3 is 1. The molecule has 4 aliphatic heterocycles. The molecule has 386 valence electrons. The molecular formula is C53H65F3N8O7S. The van der Waals surface area contributed by atoms with Gasteiger partial charge in [-0.25, -0.2) is 10.4 Å². The number of pyridine rings is 1. The Bertz CT molecular complexity index is 2790. The van der Waals surface area contributed by atoms with Crippen molar-refractivity contribution in [1.82, 2.24) is 35.2 Å². The predicted molar refractivity (Wildman–Crippen MR) is 266 cm³/mol. The molecule has 2 saturated heterocycles. The van der Waals surface area contributed by atoms with Gasteiger partial charge < -0.3 is 33.9 Å². The number of anilines is 1. The summed E-state index contributed by atoms with van der Waals surface area (Å²) in [5.74, 6) is 0.0739. The molecule has 0 unspecified atom stereocenters. The van der Waals surface area contributed by atoms with Gasteiger partial charge in [0.2, 0.25) is 11.8 Å². The van der Waals surface area contributed by atoms with Gasteiger partial charge in [0.1, 0.15) is 18.1 Å². The number of carbonyl (C=O) groups is 4. The number of rotatable bonds is 9. The number of alkyl halides is 3. The minimum Gasteiger partial charge on any atom is -0.464 e. The van der Waals surface area contributed by atoms with E-state index in [0.29, 0.717) is 37.5 Å². The van der Waals surface area contributed by atoms with Crippen LogP contribution in [0.1, 0.15) is 94.7 Å². The number of ether oxygens (including phenoxy) is 3. The van der Waals surface area contributed by atoms with Crippen LogP contribution < -0.4 is 15.6 Å². The lowest BCUT2D eigenvalue weighted by Gasteiger charge is -2.39. The predicted octanol–water partition coefficient (Wildman–Crippen LogP) is 7.04. The van der Waals surface area contributed by atoms with Crippen LogP contribution in [0.4, 0.5) is 18.9 Å². The number of likely N-dealkylation sites (N-methyl/N-ethyl adjacent to an activating group) is 1. The van der Waals surface area contributed by atoms with E-state index in [1.807, 2.05) is 18.5 Å². The van der Waals surface area contributed by atoms with Gasteiger partial charge in [-0.1, -0.05) is 33.6 Å². The summed E-state index contributed by atoms with van der Waals surface area (Å²) in [6.45, 7) is 13.7. The van der Waals surface area contributed by atoms with E-state index < -0.39 is 65.3 Å². The van der Waals surface area contributed by atoms with E-state index in [9.17, 15) is 32.3 Å². The van der Waals surface area contributed by atoms with Gasteiger partial charge in [0.05, 0.1) is 65.4 Å². The Balaban J connectivity index is 1.10. The topological polar surface area (TPSA) is 160 Å². The first-order chi connectivity index (χ1) is 34.3. The lowest BCUT2D eigenvalue weighted by atomic mass is 9.74. The lowest BCUT2D eigenvalue weighted by molar-refractivity contribution is -0.155. The average molecular weight is 1020 g/mol. The number of aryl methyl sites for hydroxylation is 2. The van der Waals surface area contributed by atoms with Gasteiger partial charge in [-0.3, -0.25) is 29.2 Å². The molecule has 1 aliphatic carbocycles. The highest BCUT2D eigenvalue weighted by Gasteiger charge is 2.42. The van der Waals surface area contributed by atoms with Gasteiger partial charge in [0, 0.05) is 91.8 Å². The first-order valence-corrected chi connectivity index (χ1v) is 26.1. The summed E-state index contributed by atoms with van der Waals surface area (Å²) in [6, 6.07) is 3.69. The van der Waals surface area contributed by atoms with Crippen molar-refractivity contribution in [3.05, 3.63) is 51.6 Å². The summed E-state index contributed by atoms with van der Waals surface area (Å²) in [5.41, 5.74) is 11.6. The van der Waals surface area contributed by atoms with Crippen molar-refractivity contribution in [3.63, 3.8) is 0 Å². The van der Waals surface area contributed by atoms with Crippen molar-refractivity contribution in [3.8, 4) is 34.4 Å². The third kappa shape index (κ3) is 10.7. The number of morpholine rings is 1. The summed E-state index contributed by atoms with van der Waals surface area (Å²) < 4.78 is 58.5. The Morgan fingerprint density at radius 3 is 2.56 bits per heavy atom. The largest absolute Gasteiger partial charge is 0.464 e. The Kier molecular flexibility index (Phi) is 14.8. The summed E-state index contributed by atoms with van der Waals surface area (Å²) in [7, 11) is 3.21. The van der Waals surface area contributed by atoms with E-state index in [2.05, 4.69) is 58.2 Å². The van der Waals surface area contributed by atoms with Crippen molar-refractivity contribution < 1.29 is 46.6 Å². The van der Waals surface area contributed by atoms with Crippen LogP contribution in [0.25, 0.3) is 33.4 Å². The molecule has 4 aromatic rings. The van der Waals surface area contributed by atoms with Gasteiger partial charge in [-0.05, 0) is 87.1 Å². The molecule has 5 aliphatic rings. The molecule has 2 N–H and O–H groups in total. The summed E-state index contributed by atoms with van der Waals surface area (Å²) >= 11 is 1.39. The number of nitrogens with one attached hydrogen (secondary N) is 2. The Morgan fingerprint density at radius 1 is 1.07 bits per heavy atom. The van der Waals surface area contributed by atoms with Crippen LogP contribution in [0.3, 0.4) is 0 Å². The van der Waals surface area contributed by atoms with Crippen LogP contribution in [0.15, 0.2) is 29.8 Å². The minimum absolute atomic E-state index is 0.0230. The molecule has 4 atom stereocenters. The molecular weight excluding hydrogens is 950 g/mol. The molecule has 1 saturated carbocycles. The maximum atomic E-state index is 14.7. The number of halogens is 3. The molecule has 7 heterocycles. The second-order valence-corrected chi connectivity index (χ2v) is 22.1. The molecule has 3 fully saturated rings. The number of amides is 3. The molecule has 0 spiro atoms. The zero-order valence-electron chi connectivity index (χ0n) is 42.1. The number of nitrogens with zero attached hydrogens (tertiary/aromatic N) is 6. The van der Waals surface area contributed by atoms with Crippen LogP contribution in [-0.2, 0) is 59.2 Å². The van der Waals surface area contributed by atoms with Gasteiger partial charge in [0.25, 0.3) is 5.91 Å². The maximum Gasteiger partial charge on any atom is 0.457 e. The summed E-state index contributed by atoms with van der Waals surface area (Å²) in [6.07, 6.45) is 0.602. The smallest absolute Gasteiger partial charge is 0.457 e. The SMILES string of the molecule is CO[C@@H](C)c1ncc(N2CCOCC2)cc1-c1c2c3cc(cc4c3n1CCC4)-c1csc(n1)C[C@H](NC(=O)[C@H](C(C)C)N(C)C(=O)C1CC(C#CC(F)(F)F)C1)C(=O)N1CCC[C@H](N1)C(=O)OCC(C)(C)C2. The zero-order valence-corrected chi connectivity index (χ0v) is 42.9. The van der Waals surface area contributed by atoms with Gasteiger partial charge in [-0.15, -0.1) is 11.3 Å². The highest BCUT2D eigenvalue weighted by atomic mass is 32.1. The second-order valence-electron chi connectivity index (χ2n) is 21.1. The summed E-state index contributed by atoms with van der Waals surface area (Å²) in [4.78, 5) is 70.8. The van der Waals surface area contributed by atoms with Crippen LogP contribution in [0.5, 0.6) is 0 Å². The zero-order chi connectivity index (χ0) is 51.2. The molecule has 1 aromatic carbocycles. The Hall–Kier alpha value is -5.55. The van der Waals surface area contributed by atoms with E-state index >= 15 is 0 Å². The Labute approximate surface area is 422 Å². The molecule has 0 radical (unpaired) electrons. The van der Waals surface area contributed by atoms with E-state index in [4.69, 9.17) is 24.2 Å². The van der Waals surface area contributed by atoms with Crippen molar-refractivity contribution in [2.45, 2.75) is 123 Å². The number of thiazole rings is 1. The number of hydrazine groups is 1. The van der Waals surface area contributed by atoms with Gasteiger partial charge in [0.15, 0.2) is 0 Å². The highest BCUT2D eigenvalue weighted by molar-refractivity contribution is 7.10. The normalized spacial score (nSPS) is 23.3. The van der Waals surface area contributed by atoms with Gasteiger partial charge >= 0.3 is 12.1 Å². The van der Waals surface area contributed by atoms with E-state index in [1.165, 1.54) is 39.8 Å². The van der Waals surface area contributed by atoms with Crippen molar-refractivity contribution in [2.24, 2.45) is 23.2 Å². The van der Waals surface area contributed by atoms with E-state index in [-0.39, 0.29) is 44.4 Å². The lowest BCUT2D eigenvalue weighted by Crippen LogP contribution is -2.62. The van der Waals surface area contributed by atoms with Crippen LogP contribution in [-0.4, -0.2) is 126 Å². The fourth-order valence-corrected chi connectivity index (χ4v) is 11.9. The second kappa shape index (κ2) is 20.8. The number of hydrogen-bond donors (Lipinski definition) is 2. The van der Waals surface area contributed by atoms with Crippen LogP contribution in [0, 0.1) is 35.0 Å². The van der Waals surface area contributed by atoms with Crippen LogP contribution in [0.2, 0.25) is 0 Å². The average Bonchev–Trinajstić information content (AvgIpc) is 3.94. The molecule has 9 rings (SSSR count). The number of aromatic nitrogens is 3. The summed E-state index contributed by atoms with van der Waals surface area (Å²) in [5, 5.41) is 8.02. The first kappa shape index (κ1) is 51.4. The van der Waals surface area contributed by atoms with Crippen molar-refractivity contribution in [1.29, 1.82) is 0 Å². The number of hydrogen-bond acceptors (Lipinski definition) is 12. The number of cyclic esters (lactones) is 1. The number of esters is 1. The maximum absolute atomic E-state index is 14.7. The first-order valence-electron chi connectivity index (χ1n) is 25.2. The monoisotopic (exact) mass is 1010 g/mol. The van der Waals surface area contributed by atoms with Crippen molar-refractivity contribution in [2.75, 3.05) is 58.5 Å². The third-order valence-electron chi connectivity index (χ3n) is 14.8. The molecule has 15 nitrogen and oxygen atoms in total. The number of benzene rings is 1. The molecule has 3 aromatic heterocycles. The van der Waals surface area contributed by atoms with E-state index in [0.717, 1.165) is 82.8 Å². The van der Waals surface area contributed by atoms with Crippen molar-refractivity contribution >= 4 is 51.6 Å². The minimum atomic E-state index is -4.62. The molecule has 6 bridgehead atoms. The quantitative estimate of drug-likeness (QED) is 0.131. The van der Waals surface area contributed by atoms with E-state index in [1.54, 1.807) is 21.0 Å². The molecule has 19 heteroatoms. The fourth-order valence-electron chi connectivity index (χ4n) is 11.0. The standard InChI is InChI=1S/C53H65F3N8O7S/c1-30(2)45(61(6)49(66)35-20-32(21-35)12-13-53(54,55)56)48(65)59-41-25-43-58-42(28-72-43)34-22-33-10-8-14-63-46(33)37(23-34)39(26-52(4,5)29-71-51(68)40-11-9-15-64(60-40)50(41)67)47(63)38-24-36(62-16-18-70-19-17-62)27-57-44(38)31(3)69-7/h22-24,27-28,30-32,35,40-41,45,60H,8-11,14-21,25-26,29H2,1-7H3,(H,59,65)/t31-,32?,35?,40-,41-,45-/m0/s1.